The number of hydrogen-bond donors (Lipinski definition) is 2. The smallest absolute Gasteiger partial charge is 0.405 e. The molecule has 2 atom stereocenters. The summed E-state index contributed by atoms with van der Waals surface area (Å²) in [5.74, 6) is -0.0965. The highest BCUT2D eigenvalue weighted by atomic mass is 79.9. The zero-order valence-corrected chi connectivity index (χ0v) is 19.4. The van der Waals surface area contributed by atoms with Crippen molar-refractivity contribution in [2.45, 2.75) is 37.6 Å². The number of ether oxygens (including phenoxy) is 2. The fourth-order valence-corrected chi connectivity index (χ4v) is 3.65. The van der Waals surface area contributed by atoms with Crippen molar-refractivity contribution in [1.82, 2.24) is 5.32 Å². The number of rotatable bonds is 9. The predicted octanol–water partition coefficient (Wildman–Crippen LogP) is 4.04. The molecule has 3 rings (SSSR count). The number of aliphatic hydroxyl groups is 1. The summed E-state index contributed by atoms with van der Waals surface area (Å²) in [6.45, 7) is 0.553. The molecule has 2 N–H and O–H groups in total. The van der Waals surface area contributed by atoms with E-state index in [1.165, 1.54) is 0 Å². The van der Waals surface area contributed by atoms with Crippen molar-refractivity contribution >= 4 is 27.7 Å². The van der Waals surface area contributed by atoms with E-state index in [9.17, 15) is 18.0 Å². The number of halogens is 4. The molecule has 1 heterocycles. The standard InChI is InChI=1S/C23H24BrF3N2O4/c1-15-22(21(31)28-14-23(25,26)27,13-16-3-7-18(24)8-4-16)29-20(33-15)17-5-9-19(10-6-17)32-12-2-11-30/h3-10,15,30H,2,11-14H2,1H3,(H,28,31)/t15-,22-/m1/s1. The van der Waals surface area contributed by atoms with Crippen LogP contribution in [0, 0.1) is 0 Å². The summed E-state index contributed by atoms with van der Waals surface area (Å²) >= 11 is 3.35. The number of aliphatic hydroxyl groups excluding tert-OH is 1. The molecule has 10 heteroatoms. The van der Waals surface area contributed by atoms with Crippen LogP contribution < -0.4 is 10.1 Å². The minimum Gasteiger partial charge on any atom is -0.494 e. The summed E-state index contributed by atoms with van der Waals surface area (Å²) in [7, 11) is 0. The van der Waals surface area contributed by atoms with E-state index < -0.39 is 30.3 Å². The minimum atomic E-state index is -4.55. The molecule has 2 aromatic rings. The Bertz CT molecular complexity index is 981. The van der Waals surface area contributed by atoms with Gasteiger partial charge in [0.25, 0.3) is 5.91 Å². The first-order chi connectivity index (χ1) is 15.6. The van der Waals surface area contributed by atoms with Gasteiger partial charge < -0.3 is 19.9 Å². The molecule has 178 valence electrons. The van der Waals surface area contributed by atoms with E-state index in [1.807, 2.05) is 5.32 Å². The molecule has 1 amide bonds. The molecule has 33 heavy (non-hydrogen) atoms. The molecular formula is C23H24BrF3N2O4. The average Bonchev–Trinajstić information content (AvgIpc) is 3.11. The summed E-state index contributed by atoms with van der Waals surface area (Å²) in [4.78, 5) is 17.5. The van der Waals surface area contributed by atoms with Crippen molar-refractivity contribution < 1.29 is 32.5 Å². The number of nitrogens with zero attached hydrogens (tertiary/aromatic N) is 1. The molecular weight excluding hydrogens is 505 g/mol. The highest BCUT2D eigenvalue weighted by Crippen LogP contribution is 2.33. The number of amides is 1. The van der Waals surface area contributed by atoms with Crippen LogP contribution in [0.1, 0.15) is 24.5 Å². The van der Waals surface area contributed by atoms with Gasteiger partial charge >= 0.3 is 6.18 Å². The highest BCUT2D eigenvalue weighted by Gasteiger charge is 2.51. The molecule has 0 bridgehead atoms. The summed E-state index contributed by atoms with van der Waals surface area (Å²) in [5, 5.41) is 10.8. The summed E-state index contributed by atoms with van der Waals surface area (Å²) in [6, 6.07) is 13.9. The maximum absolute atomic E-state index is 13.0. The SMILES string of the molecule is C[C@H]1OC(c2ccc(OCCCO)cc2)=N[C@@]1(Cc1ccc(Br)cc1)C(=O)NCC(F)(F)F. The Morgan fingerprint density at radius 2 is 1.88 bits per heavy atom. The molecule has 0 aromatic heterocycles. The van der Waals surface area contributed by atoms with Gasteiger partial charge in [0.2, 0.25) is 5.90 Å². The Kier molecular flexibility index (Phi) is 8.01. The predicted molar refractivity (Wildman–Crippen MR) is 120 cm³/mol. The lowest BCUT2D eigenvalue weighted by Crippen LogP contribution is -2.54. The molecule has 6 nitrogen and oxygen atoms in total. The van der Waals surface area contributed by atoms with Gasteiger partial charge in [0.1, 0.15) is 18.4 Å². The first-order valence-electron chi connectivity index (χ1n) is 10.3. The monoisotopic (exact) mass is 528 g/mol. The number of nitrogens with one attached hydrogen (secondary N) is 1. The van der Waals surface area contributed by atoms with Crippen molar-refractivity contribution in [3.8, 4) is 5.75 Å². The van der Waals surface area contributed by atoms with E-state index in [2.05, 4.69) is 20.9 Å². The van der Waals surface area contributed by atoms with Crippen molar-refractivity contribution in [3.63, 3.8) is 0 Å². The van der Waals surface area contributed by atoms with Crippen molar-refractivity contribution in [1.29, 1.82) is 0 Å². The van der Waals surface area contributed by atoms with Crippen LogP contribution in [-0.4, -0.2) is 54.5 Å². The van der Waals surface area contributed by atoms with Gasteiger partial charge in [0.15, 0.2) is 5.54 Å². The number of carbonyl (C=O) groups is 1. The largest absolute Gasteiger partial charge is 0.494 e. The van der Waals surface area contributed by atoms with Gasteiger partial charge in [0, 0.05) is 29.5 Å². The fourth-order valence-electron chi connectivity index (χ4n) is 3.39. The molecule has 0 saturated heterocycles. The number of carbonyl (C=O) groups excluding carboxylic acids is 1. The van der Waals surface area contributed by atoms with Gasteiger partial charge in [-0.1, -0.05) is 28.1 Å². The molecule has 1 aliphatic rings. The highest BCUT2D eigenvalue weighted by molar-refractivity contribution is 9.10. The zero-order chi connectivity index (χ0) is 24.1. The average molecular weight is 529 g/mol. The molecule has 1 aliphatic heterocycles. The third kappa shape index (κ3) is 6.48. The summed E-state index contributed by atoms with van der Waals surface area (Å²) < 4.78 is 50.5. The number of hydrogen-bond acceptors (Lipinski definition) is 5. The third-order valence-electron chi connectivity index (χ3n) is 5.16. The van der Waals surface area contributed by atoms with Crippen LogP contribution in [-0.2, 0) is 16.0 Å². The van der Waals surface area contributed by atoms with E-state index in [-0.39, 0.29) is 18.9 Å². The van der Waals surface area contributed by atoms with E-state index in [1.54, 1.807) is 55.5 Å². The second-order valence-corrected chi connectivity index (χ2v) is 8.57. The zero-order valence-electron chi connectivity index (χ0n) is 17.9. The number of aliphatic imine (C=N–C) groups is 1. The molecule has 0 aliphatic carbocycles. The maximum Gasteiger partial charge on any atom is 0.405 e. The normalized spacial score (nSPS) is 20.2. The topological polar surface area (TPSA) is 80.2 Å². The maximum atomic E-state index is 13.0. The van der Waals surface area contributed by atoms with Crippen LogP contribution in [0.3, 0.4) is 0 Å². The van der Waals surface area contributed by atoms with Crippen LogP contribution in [0.4, 0.5) is 13.2 Å². The first kappa shape index (κ1) is 25.0. The van der Waals surface area contributed by atoms with E-state index in [4.69, 9.17) is 14.6 Å². The van der Waals surface area contributed by atoms with E-state index in [0.29, 0.717) is 24.3 Å². The summed E-state index contributed by atoms with van der Waals surface area (Å²) in [5.41, 5.74) is -0.267. The quantitative estimate of drug-likeness (QED) is 0.481. The number of benzene rings is 2. The molecule has 0 saturated carbocycles. The number of alkyl halides is 3. The van der Waals surface area contributed by atoms with Crippen LogP contribution in [0.5, 0.6) is 5.75 Å². The molecule has 0 spiro atoms. The Morgan fingerprint density at radius 3 is 2.48 bits per heavy atom. The molecule has 0 fully saturated rings. The second-order valence-electron chi connectivity index (χ2n) is 7.65. The van der Waals surface area contributed by atoms with Crippen LogP contribution in [0.25, 0.3) is 0 Å². The Balaban J connectivity index is 1.89. The molecule has 0 unspecified atom stereocenters. The molecule has 2 aromatic carbocycles. The van der Waals surface area contributed by atoms with E-state index in [0.717, 1.165) is 10.0 Å². The Hall–Kier alpha value is -2.59. The van der Waals surface area contributed by atoms with E-state index >= 15 is 0 Å². The van der Waals surface area contributed by atoms with Crippen LogP contribution in [0.15, 0.2) is 58.0 Å². The van der Waals surface area contributed by atoms with Crippen molar-refractivity contribution in [2.24, 2.45) is 4.99 Å². The van der Waals surface area contributed by atoms with Gasteiger partial charge in [-0.25, -0.2) is 4.99 Å². The lowest BCUT2D eigenvalue weighted by molar-refractivity contribution is -0.143. The summed E-state index contributed by atoms with van der Waals surface area (Å²) in [6.07, 6.45) is -4.78. The van der Waals surface area contributed by atoms with Crippen molar-refractivity contribution in [3.05, 3.63) is 64.1 Å². The van der Waals surface area contributed by atoms with Gasteiger partial charge in [-0.2, -0.15) is 13.2 Å². The van der Waals surface area contributed by atoms with Crippen LogP contribution >= 0.6 is 15.9 Å². The van der Waals surface area contributed by atoms with Gasteiger partial charge in [-0.15, -0.1) is 0 Å². The van der Waals surface area contributed by atoms with Gasteiger partial charge in [0.05, 0.1) is 6.61 Å². The Labute approximate surface area is 197 Å². The van der Waals surface area contributed by atoms with Gasteiger partial charge in [-0.3, -0.25) is 4.79 Å². The lowest BCUT2D eigenvalue weighted by Gasteiger charge is -2.28. The molecule has 0 radical (unpaired) electrons. The second kappa shape index (κ2) is 10.6. The van der Waals surface area contributed by atoms with Crippen molar-refractivity contribution in [2.75, 3.05) is 19.8 Å². The third-order valence-corrected chi connectivity index (χ3v) is 5.69. The van der Waals surface area contributed by atoms with Gasteiger partial charge in [-0.05, 0) is 48.9 Å². The fraction of sp³-hybridized carbons (Fsp3) is 0.391. The van der Waals surface area contributed by atoms with Crippen LogP contribution in [0.2, 0.25) is 0 Å². The Morgan fingerprint density at radius 1 is 1.21 bits per heavy atom. The minimum absolute atomic E-state index is 0.0253. The lowest BCUT2D eigenvalue weighted by atomic mass is 9.86. The first-order valence-corrected chi connectivity index (χ1v) is 11.1.